The van der Waals surface area contributed by atoms with Crippen LogP contribution in [0.15, 0.2) is 29.3 Å². The Kier molecular flexibility index (Phi) is 9.79. The van der Waals surface area contributed by atoms with Crippen LogP contribution in [0.5, 0.6) is 5.75 Å². The van der Waals surface area contributed by atoms with Crippen molar-refractivity contribution in [2.45, 2.75) is 12.8 Å². The maximum Gasteiger partial charge on any atom is 0.265 e. The van der Waals surface area contributed by atoms with Gasteiger partial charge in [0.25, 0.3) is 5.91 Å². The van der Waals surface area contributed by atoms with Gasteiger partial charge in [0.15, 0.2) is 12.6 Å². The van der Waals surface area contributed by atoms with Crippen molar-refractivity contribution in [3.05, 3.63) is 24.3 Å². The molecule has 2 heterocycles. The molecule has 0 spiro atoms. The van der Waals surface area contributed by atoms with E-state index in [1.165, 1.54) is 0 Å². The number of amides is 1. The molecule has 156 valence electrons. The molecule has 3 N–H and O–H groups in total. The van der Waals surface area contributed by atoms with E-state index in [2.05, 4.69) is 15.2 Å². The van der Waals surface area contributed by atoms with E-state index in [0.717, 1.165) is 63.7 Å². The fourth-order valence-corrected chi connectivity index (χ4v) is 3.23. The molecule has 0 unspecified atom stereocenters. The molecule has 0 bridgehead atoms. The molecule has 28 heavy (non-hydrogen) atoms. The first-order chi connectivity index (χ1) is 13.2. The van der Waals surface area contributed by atoms with Crippen molar-refractivity contribution >= 4 is 41.5 Å². The Hall–Kier alpha value is -1.59. The average Bonchev–Trinajstić information content (AvgIpc) is 2.70. The maximum atomic E-state index is 12.1. The highest BCUT2D eigenvalue weighted by molar-refractivity contribution is 14.0. The van der Waals surface area contributed by atoms with Gasteiger partial charge in [0.05, 0.1) is 18.9 Å². The molecule has 2 aliphatic heterocycles. The van der Waals surface area contributed by atoms with Gasteiger partial charge in [0.2, 0.25) is 0 Å². The molecule has 1 saturated heterocycles. The predicted octanol–water partition coefficient (Wildman–Crippen LogP) is 1.05. The third-order valence-corrected chi connectivity index (χ3v) is 4.69. The molecule has 1 aromatic carbocycles. The van der Waals surface area contributed by atoms with Gasteiger partial charge in [-0.25, -0.2) is 0 Å². The molecule has 1 aromatic rings. The summed E-state index contributed by atoms with van der Waals surface area (Å²) in [5.74, 6) is 1.19. The Balaban J connectivity index is 0.00000280. The minimum Gasteiger partial charge on any atom is -0.482 e. The molecule has 0 aromatic heterocycles. The largest absolute Gasteiger partial charge is 0.482 e. The Morgan fingerprint density at radius 2 is 1.96 bits per heavy atom. The highest BCUT2D eigenvalue weighted by Crippen LogP contribution is 2.31. The van der Waals surface area contributed by atoms with E-state index in [1.54, 1.807) is 4.90 Å². The van der Waals surface area contributed by atoms with Crippen molar-refractivity contribution in [3.63, 3.8) is 0 Å². The molecule has 3 rings (SSSR count). The number of benzene rings is 1. The molecular formula is C19H30IN5O3. The summed E-state index contributed by atoms with van der Waals surface area (Å²) in [6, 6.07) is 7.60. The van der Waals surface area contributed by atoms with Crippen LogP contribution < -0.4 is 20.7 Å². The second-order valence-electron chi connectivity index (χ2n) is 6.66. The van der Waals surface area contributed by atoms with E-state index < -0.39 is 0 Å². The van der Waals surface area contributed by atoms with Gasteiger partial charge in [-0.15, -0.1) is 24.0 Å². The fourth-order valence-electron chi connectivity index (χ4n) is 3.23. The van der Waals surface area contributed by atoms with Gasteiger partial charge >= 0.3 is 0 Å². The van der Waals surface area contributed by atoms with Crippen LogP contribution in [0.4, 0.5) is 5.69 Å². The number of para-hydroxylation sites is 2. The number of rotatable bonds is 8. The number of anilines is 1. The number of nitrogens with two attached hydrogens (primary N) is 1. The minimum absolute atomic E-state index is 0. The molecule has 1 fully saturated rings. The number of nitrogens with one attached hydrogen (secondary N) is 1. The number of hydrogen-bond donors (Lipinski definition) is 2. The summed E-state index contributed by atoms with van der Waals surface area (Å²) in [4.78, 5) is 20.6. The zero-order chi connectivity index (χ0) is 18.9. The van der Waals surface area contributed by atoms with Crippen molar-refractivity contribution in [1.82, 2.24) is 10.2 Å². The van der Waals surface area contributed by atoms with Crippen LogP contribution >= 0.6 is 24.0 Å². The Morgan fingerprint density at radius 3 is 2.79 bits per heavy atom. The van der Waals surface area contributed by atoms with Crippen LogP contribution in [-0.4, -0.2) is 75.9 Å². The number of carbonyl (C=O) groups is 1. The van der Waals surface area contributed by atoms with Crippen LogP contribution in [0.25, 0.3) is 0 Å². The second kappa shape index (κ2) is 12.1. The lowest BCUT2D eigenvalue weighted by molar-refractivity contribution is -0.121. The van der Waals surface area contributed by atoms with Crippen molar-refractivity contribution < 1.29 is 14.3 Å². The lowest BCUT2D eigenvalue weighted by Gasteiger charge is -2.29. The normalized spacial score (nSPS) is 17.5. The first kappa shape index (κ1) is 22.7. The fraction of sp³-hybridized carbons (Fsp3) is 0.579. The average molecular weight is 503 g/mol. The lowest BCUT2D eigenvalue weighted by Crippen LogP contribution is -2.40. The monoisotopic (exact) mass is 503 g/mol. The SMILES string of the molecule is I.NC(=NCCCN1C(=O)COc2ccccc21)NCCCN1CCOCC1. The highest BCUT2D eigenvalue weighted by atomic mass is 127. The van der Waals surface area contributed by atoms with Gasteiger partial charge < -0.3 is 25.4 Å². The van der Waals surface area contributed by atoms with Crippen molar-refractivity contribution in [3.8, 4) is 5.75 Å². The molecule has 0 saturated carbocycles. The number of halogens is 1. The maximum absolute atomic E-state index is 12.1. The summed E-state index contributed by atoms with van der Waals surface area (Å²) < 4.78 is 10.8. The number of aliphatic imine (C=N–C) groups is 1. The van der Waals surface area contributed by atoms with Gasteiger partial charge in [0, 0.05) is 32.7 Å². The minimum atomic E-state index is -0.0214. The molecule has 0 atom stereocenters. The van der Waals surface area contributed by atoms with Gasteiger partial charge in [-0.05, 0) is 31.5 Å². The molecule has 2 aliphatic rings. The lowest BCUT2D eigenvalue weighted by atomic mass is 10.2. The topological polar surface area (TPSA) is 92.4 Å². The van der Waals surface area contributed by atoms with E-state index in [9.17, 15) is 4.79 Å². The number of hydrogen-bond acceptors (Lipinski definition) is 5. The summed E-state index contributed by atoms with van der Waals surface area (Å²) in [6.07, 6.45) is 1.77. The number of fused-ring (bicyclic) bond motifs is 1. The number of ether oxygens (including phenoxy) is 2. The van der Waals surface area contributed by atoms with Crippen LogP contribution in [-0.2, 0) is 9.53 Å². The number of carbonyl (C=O) groups excluding carboxylic acids is 1. The van der Waals surface area contributed by atoms with Crippen LogP contribution in [0, 0.1) is 0 Å². The third kappa shape index (κ3) is 6.78. The quantitative estimate of drug-likeness (QED) is 0.239. The zero-order valence-electron chi connectivity index (χ0n) is 16.1. The van der Waals surface area contributed by atoms with Gasteiger partial charge in [-0.3, -0.25) is 14.7 Å². The smallest absolute Gasteiger partial charge is 0.265 e. The highest BCUT2D eigenvalue weighted by Gasteiger charge is 2.24. The second-order valence-corrected chi connectivity index (χ2v) is 6.66. The summed E-state index contributed by atoms with van der Waals surface area (Å²) in [6.45, 7) is 6.79. The number of nitrogens with zero attached hydrogens (tertiary/aromatic N) is 3. The van der Waals surface area contributed by atoms with Crippen molar-refractivity contribution in [1.29, 1.82) is 0 Å². The van der Waals surface area contributed by atoms with Crippen molar-refractivity contribution in [2.24, 2.45) is 10.7 Å². The van der Waals surface area contributed by atoms with Crippen LogP contribution in [0.1, 0.15) is 12.8 Å². The van der Waals surface area contributed by atoms with E-state index >= 15 is 0 Å². The summed E-state index contributed by atoms with van der Waals surface area (Å²) >= 11 is 0. The van der Waals surface area contributed by atoms with E-state index in [1.807, 2.05) is 24.3 Å². The summed E-state index contributed by atoms with van der Waals surface area (Å²) in [7, 11) is 0. The van der Waals surface area contributed by atoms with Gasteiger partial charge in [-0.2, -0.15) is 0 Å². The standard InChI is InChI=1S/C19H29N5O3.HI/c20-19(21-7-3-9-23-11-13-26-14-12-23)22-8-4-10-24-16-5-1-2-6-17(16)27-15-18(24)25;/h1-2,5-6H,3-4,7-15H2,(H3,20,21,22);1H. The van der Waals surface area contributed by atoms with E-state index in [4.69, 9.17) is 15.2 Å². The number of guanidine groups is 1. The van der Waals surface area contributed by atoms with E-state index in [0.29, 0.717) is 19.0 Å². The number of morpholine rings is 1. The first-order valence-electron chi connectivity index (χ1n) is 9.60. The summed E-state index contributed by atoms with van der Waals surface area (Å²) in [5.41, 5.74) is 6.75. The predicted molar refractivity (Wildman–Crippen MR) is 121 cm³/mol. The molecular weight excluding hydrogens is 473 g/mol. The Bertz CT molecular complexity index is 652. The van der Waals surface area contributed by atoms with E-state index in [-0.39, 0.29) is 36.5 Å². The van der Waals surface area contributed by atoms with Gasteiger partial charge in [0.1, 0.15) is 5.75 Å². The van der Waals surface area contributed by atoms with Gasteiger partial charge in [-0.1, -0.05) is 12.1 Å². The first-order valence-corrected chi connectivity index (χ1v) is 9.60. The summed E-state index contributed by atoms with van der Waals surface area (Å²) in [5, 5.41) is 3.15. The molecule has 0 aliphatic carbocycles. The Labute approximate surface area is 183 Å². The molecule has 9 heteroatoms. The molecule has 0 radical (unpaired) electrons. The molecule has 1 amide bonds. The van der Waals surface area contributed by atoms with Crippen molar-refractivity contribution in [2.75, 3.05) is 64.0 Å². The zero-order valence-corrected chi connectivity index (χ0v) is 18.5. The Morgan fingerprint density at radius 1 is 1.18 bits per heavy atom. The third-order valence-electron chi connectivity index (χ3n) is 4.69. The molecule has 8 nitrogen and oxygen atoms in total. The van der Waals surface area contributed by atoms with Crippen LogP contribution in [0.2, 0.25) is 0 Å². The van der Waals surface area contributed by atoms with Crippen LogP contribution in [0.3, 0.4) is 0 Å².